The minimum absolute atomic E-state index is 0.588. The molecular weight excluding hydrogens is 321 g/mol. The lowest BCUT2D eigenvalue weighted by molar-refractivity contribution is 0.294. The number of anilines is 1. The van der Waals surface area contributed by atoms with Gasteiger partial charge in [-0.25, -0.2) is 0 Å². The van der Waals surface area contributed by atoms with Gasteiger partial charge in [-0.2, -0.15) is 0 Å². The van der Waals surface area contributed by atoms with E-state index in [1.54, 1.807) is 13.2 Å². The number of hydrogen-bond acceptors (Lipinski definition) is 3. The summed E-state index contributed by atoms with van der Waals surface area (Å²) in [5.74, 6) is 1.36. The molecule has 2 aromatic rings. The van der Waals surface area contributed by atoms with Crippen LogP contribution < -0.4 is 14.8 Å². The summed E-state index contributed by atoms with van der Waals surface area (Å²) in [4.78, 5) is 0. The van der Waals surface area contributed by atoms with Crippen molar-refractivity contribution in [3.63, 3.8) is 0 Å². The second-order valence-electron chi connectivity index (χ2n) is 4.80. The first kappa shape index (κ1) is 16.8. The summed E-state index contributed by atoms with van der Waals surface area (Å²) in [5, 5.41) is 4.66. The molecule has 5 heteroatoms. The zero-order chi connectivity index (χ0) is 15.9. The Labute approximate surface area is 141 Å². The Hall–Kier alpha value is -1.58. The molecule has 0 heterocycles. The van der Waals surface area contributed by atoms with Gasteiger partial charge in [0.2, 0.25) is 0 Å². The van der Waals surface area contributed by atoms with E-state index >= 15 is 0 Å². The van der Waals surface area contributed by atoms with Gasteiger partial charge in [-0.1, -0.05) is 30.1 Å². The zero-order valence-electron chi connectivity index (χ0n) is 12.7. The molecular formula is C17H19Cl2NO2. The van der Waals surface area contributed by atoms with Crippen molar-refractivity contribution in [2.24, 2.45) is 0 Å². The Morgan fingerprint density at radius 2 is 1.77 bits per heavy atom. The molecule has 1 N–H and O–H groups in total. The molecule has 0 radical (unpaired) electrons. The van der Waals surface area contributed by atoms with Crippen LogP contribution in [0.3, 0.4) is 0 Å². The van der Waals surface area contributed by atoms with Crippen LogP contribution in [0.4, 0.5) is 5.69 Å². The lowest BCUT2D eigenvalue weighted by Crippen LogP contribution is -2.03. The Bertz CT molecular complexity index is 615. The minimum atomic E-state index is 0.588. The van der Waals surface area contributed by atoms with Crippen molar-refractivity contribution in [2.45, 2.75) is 19.9 Å². The second kappa shape index (κ2) is 8.16. The lowest BCUT2D eigenvalue weighted by Gasteiger charge is -2.14. The van der Waals surface area contributed by atoms with Gasteiger partial charge < -0.3 is 14.8 Å². The van der Waals surface area contributed by atoms with E-state index in [4.69, 9.17) is 32.7 Å². The molecule has 0 atom stereocenters. The Morgan fingerprint density at radius 3 is 2.41 bits per heavy atom. The second-order valence-corrected chi connectivity index (χ2v) is 5.65. The highest BCUT2D eigenvalue weighted by atomic mass is 35.5. The molecule has 118 valence electrons. The average Bonchev–Trinajstić information content (AvgIpc) is 2.53. The number of methoxy groups -OCH3 is 1. The Balaban J connectivity index is 2.11. The van der Waals surface area contributed by atoms with Gasteiger partial charge in [0.05, 0.1) is 13.7 Å². The first-order valence-electron chi connectivity index (χ1n) is 7.12. The fraction of sp³-hybridized carbons (Fsp3) is 0.294. The van der Waals surface area contributed by atoms with Crippen LogP contribution in [-0.2, 0) is 6.54 Å². The van der Waals surface area contributed by atoms with Gasteiger partial charge in [-0.3, -0.25) is 0 Å². The largest absolute Gasteiger partial charge is 0.493 e. The van der Waals surface area contributed by atoms with E-state index in [0.29, 0.717) is 34.7 Å². The molecule has 0 aliphatic rings. The van der Waals surface area contributed by atoms with Gasteiger partial charge in [0.25, 0.3) is 0 Å². The van der Waals surface area contributed by atoms with Crippen molar-refractivity contribution in [2.75, 3.05) is 19.0 Å². The van der Waals surface area contributed by atoms with E-state index in [-0.39, 0.29) is 0 Å². The van der Waals surface area contributed by atoms with Crippen molar-refractivity contribution in [3.05, 3.63) is 52.0 Å². The van der Waals surface area contributed by atoms with Crippen LogP contribution in [0.15, 0.2) is 36.4 Å². The van der Waals surface area contributed by atoms with Gasteiger partial charge >= 0.3 is 0 Å². The third-order valence-electron chi connectivity index (χ3n) is 3.12. The molecule has 0 aliphatic heterocycles. The van der Waals surface area contributed by atoms with E-state index in [1.165, 1.54) is 0 Å². The Morgan fingerprint density at radius 1 is 1.05 bits per heavy atom. The third-order valence-corrected chi connectivity index (χ3v) is 3.73. The van der Waals surface area contributed by atoms with E-state index in [2.05, 4.69) is 12.2 Å². The van der Waals surface area contributed by atoms with Crippen LogP contribution >= 0.6 is 23.2 Å². The summed E-state index contributed by atoms with van der Waals surface area (Å²) < 4.78 is 11.0. The highest BCUT2D eigenvalue weighted by Gasteiger charge is 2.10. The number of hydrogen-bond donors (Lipinski definition) is 1. The predicted octanol–water partition coefficient (Wildman–Crippen LogP) is 5.40. The first-order chi connectivity index (χ1) is 10.6. The highest BCUT2D eigenvalue weighted by Crippen LogP contribution is 2.33. The van der Waals surface area contributed by atoms with Crippen LogP contribution in [0, 0.1) is 0 Å². The molecule has 0 unspecified atom stereocenters. The summed E-state index contributed by atoms with van der Waals surface area (Å²) in [6, 6.07) is 11.2. The fourth-order valence-electron chi connectivity index (χ4n) is 1.96. The molecule has 0 fully saturated rings. The van der Waals surface area contributed by atoms with Crippen LogP contribution in [0.25, 0.3) is 0 Å². The minimum Gasteiger partial charge on any atom is -0.493 e. The molecule has 0 saturated carbocycles. The maximum Gasteiger partial charge on any atom is 0.162 e. The van der Waals surface area contributed by atoms with Gasteiger partial charge in [0.1, 0.15) is 0 Å². The predicted molar refractivity (Wildman–Crippen MR) is 92.6 cm³/mol. The number of nitrogens with one attached hydrogen (secondary N) is 1. The van der Waals surface area contributed by atoms with Crippen LogP contribution in [0.2, 0.25) is 10.0 Å². The van der Waals surface area contributed by atoms with Crippen LogP contribution in [0.1, 0.15) is 18.9 Å². The molecule has 0 saturated heterocycles. The molecule has 0 spiro atoms. The summed E-state index contributed by atoms with van der Waals surface area (Å²) >= 11 is 12.2. The molecule has 0 bridgehead atoms. The van der Waals surface area contributed by atoms with Crippen molar-refractivity contribution in [1.29, 1.82) is 0 Å². The van der Waals surface area contributed by atoms with Gasteiger partial charge in [-0.05, 0) is 42.3 Å². The smallest absolute Gasteiger partial charge is 0.162 e. The highest BCUT2D eigenvalue weighted by molar-refractivity contribution is 6.31. The number of benzene rings is 2. The lowest BCUT2D eigenvalue weighted by atomic mass is 10.2. The van der Waals surface area contributed by atoms with Crippen molar-refractivity contribution in [3.8, 4) is 11.5 Å². The normalized spacial score (nSPS) is 10.4. The summed E-state index contributed by atoms with van der Waals surface area (Å²) in [6.45, 7) is 3.28. The topological polar surface area (TPSA) is 30.5 Å². The Kier molecular flexibility index (Phi) is 6.22. The van der Waals surface area contributed by atoms with Crippen molar-refractivity contribution in [1.82, 2.24) is 0 Å². The summed E-state index contributed by atoms with van der Waals surface area (Å²) in [5.41, 5.74) is 1.92. The summed E-state index contributed by atoms with van der Waals surface area (Å²) in [7, 11) is 1.62. The molecule has 3 nitrogen and oxygen atoms in total. The molecule has 2 rings (SSSR count). The van der Waals surface area contributed by atoms with Crippen molar-refractivity contribution >= 4 is 28.9 Å². The number of halogens is 2. The fourth-order valence-corrected chi connectivity index (χ4v) is 2.31. The van der Waals surface area contributed by atoms with Crippen LogP contribution in [0.5, 0.6) is 11.5 Å². The first-order valence-corrected chi connectivity index (χ1v) is 7.88. The van der Waals surface area contributed by atoms with E-state index in [9.17, 15) is 0 Å². The summed E-state index contributed by atoms with van der Waals surface area (Å²) in [6.07, 6.45) is 0.931. The zero-order valence-corrected chi connectivity index (χ0v) is 14.2. The maximum absolute atomic E-state index is 6.33. The third kappa shape index (κ3) is 4.46. The monoisotopic (exact) mass is 339 g/mol. The molecule has 2 aromatic carbocycles. The number of ether oxygens (including phenoxy) is 2. The average molecular weight is 340 g/mol. The number of rotatable bonds is 7. The van der Waals surface area contributed by atoms with Gasteiger partial charge in [0.15, 0.2) is 11.5 Å². The van der Waals surface area contributed by atoms with E-state index in [1.807, 2.05) is 30.3 Å². The standard InChI is InChI=1S/C17H19Cl2NO2/c1-3-8-22-17-10-15(19)12(9-16(17)21-2)11-20-14-6-4-13(18)5-7-14/h4-7,9-10,20H,3,8,11H2,1-2H3. The van der Waals surface area contributed by atoms with Gasteiger partial charge in [0, 0.05) is 28.3 Å². The molecule has 0 amide bonds. The molecule has 0 aromatic heterocycles. The maximum atomic E-state index is 6.33. The van der Waals surface area contributed by atoms with Gasteiger partial charge in [-0.15, -0.1) is 0 Å². The quantitative estimate of drug-likeness (QED) is 0.732. The van der Waals surface area contributed by atoms with E-state index < -0.39 is 0 Å². The molecule has 0 aliphatic carbocycles. The SMILES string of the molecule is CCCOc1cc(Cl)c(CNc2ccc(Cl)cc2)cc1OC. The van der Waals surface area contributed by atoms with Crippen LogP contribution in [-0.4, -0.2) is 13.7 Å². The van der Waals surface area contributed by atoms with E-state index in [0.717, 1.165) is 17.7 Å². The van der Waals surface area contributed by atoms with Crippen molar-refractivity contribution < 1.29 is 9.47 Å². The molecule has 22 heavy (non-hydrogen) atoms.